The van der Waals surface area contributed by atoms with Crippen LogP contribution in [0.25, 0.3) is 39.5 Å². The average molecular weight is 762 g/mol. The van der Waals surface area contributed by atoms with Gasteiger partial charge in [0.05, 0.1) is 12.0 Å². The van der Waals surface area contributed by atoms with Crippen molar-refractivity contribution in [1.82, 2.24) is 35.3 Å². The molecule has 15 heteroatoms. The van der Waals surface area contributed by atoms with E-state index < -0.39 is 17.6 Å². The van der Waals surface area contributed by atoms with Crippen molar-refractivity contribution in [1.29, 1.82) is 0 Å². The van der Waals surface area contributed by atoms with Gasteiger partial charge in [-0.15, -0.1) is 30.0 Å². The number of rotatable bonds is 7. The summed E-state index contributed by atoms with van der Waals surface area (Å²) in [5.74, 6) is -1.55. The standard InChI is InChI=1S/C27H22ClN5O4.C12H8ClN3O/c1-2-32(19-9-6-16(7-10-19)12-20-24(34)14-25(35)29-27(20)37)15-17-4-3-5-23(26(17)36)33-30-21-11-8-18(28)13-22(21)31-33;13-8-5-6-9-10(7-8)15-16(14-9)11-3-1-2-4-12(11)17/h3-13,36H,2,14-15H2,1H3,(H,29,35,37);1-7,17H/b20-12+;. The van der Waals surface area contributed by atoms with Crippen LogP contribution in [0.1, 0.15) is 24.5 Å². The Morgan fingerprint density at radius 3 is 1.94 bits per heavy atom. The number of para-hydroxylation sites is 3. The molecule has 0 spiro atoms. The number of piperidine rings is 1. The molecule has 0 atom stereocenters. The summed E-state index contributed by atoms with van der Waals surface area (Å²) in [6.07, 6.45) is 1.15. The largest absolute Gasteiger partial charge is 0.506 e. The first-order chi connectivity index (χ1) is 26.1. The van der Waals surface area contributed by atoms with Gasteiger partial charge in [0.25, 0.3) is 5.91 Å². The van der Waals surface area contributed by atoms with E-state index in [0.717, 1.165) is 11.2 Å². The lowest BCUT2D eigenvalue weighted by Crippen LogP contribution is -2.40. The van der Waals surface area contributed by atoms with Gasteiger partial charge in [-0.2, -0.15) is 0 Å². The van der Waals surface area contributed by atoms with Crippen LogP contribution < -0.4 is 10.2 Å². The van der Waals surface area contributed by atoms with Crippen LogP contribution >= 0.6 is 23.2 Å². The molecule has 5 aromatic carbocycles. The third-order valence-electron chi connectivity index (χ3n) is 8.53. The van der Waals surface area contributed by atoms with E-state index in [1.54, 1.807) is 72.8 Å². The monoisotopic (exact) mass is 760 g/mol. The first-order valence-corrected chi connectivity index (χ1v) is 17.4. The summed E-state index contributed by atoms with van der Waals surface area (Å²) < 4.78 is 0. The Kier molecular flexibility index (Phi) is 10.1. The molecular weight excluding hydrogens is 731 g/mol. The molecule has 1 aliphatic rings. The lowest BCUT2D eigenvalue weighted by molar-refractivity contribution is -0.134. The first-order valence-electron chi connectivity index (χ1n) is 16.6. The van der Waals surface area contributed by atoms with Gasteiger partial charge in [0.1, 0.15) is 44.9 Å². The van der Waals surface area contributed by atoms with E-state index in [1.807, 2.05) is 37.3 Å². The predicted octanol–water partition coefficient (Wildman–Crippen LogP) is 6.58. The van der Waals surface area contributed by atoms with Gasteiger partial charge in [-0.3, -0.25) is 19.7 Å². The van der Waals surface area contributed by atoms with Crippen molar-refractivity contribution in [2.75, 3.05) is 11.4 Å². The van der Waals surface area contributed by atoms with E-state index in [1.165, 1.54) is 15.7 Å². The Bertz CT molecular complexity index is 2580. The fourth-order valence-corrected chi connectivity index (χ4v) is 6.11. The van der Waals surface area contributed by atoms with Crippen molar-refractivity contribution >= 4 is 74.6 Å². The number of aromatic nitrogens is 6. The first kappa shape index (κ1) is 35.8. The van der Waals surface area contributed by atoms with Gasteiger partial charge >= 0.3 is 0 Å². The Morgan fingerprint density at radius 1 is 0.741 bits per heavy atom. The highest BCUT2D eigenvalue weighted by Crippen LogP contribution is 2.30. The topological polar surface area (TPSA) is 168 Å². The molecule has 7 aromatic rings. The molecule has 3 heterocycles. The van der Waals surface area contributed by atoms with E-state index >= 15 is 0 Å². The molecule has 8 rings (SSSR count). The second kappa shape index (κ2) is 15.2. The summed E-state index contributed by atoms with van der Waals surface area (Å²) >= 11 is 11.9. The molecular formula is C39H30Cl2N8O5. The van der Waals surface area contributed by atoms with Crippen molar-refractivity contribution < 1.29 is 24.6 Å². The molecule has 13 nitrogen and oxygen atoms in total. The summed E-state index contributed by atoms with van der Waals surface area (Å²) in [6, 6.07) is 30.2. The Labute approximate surface area is 317 Å². The van der Waals surface area contributed by atoms with Crippen molar-refractivity contribution in [3.8, 4) is 22.9 Å². The number of phenolic OH excluding ortho intramolecular Hbond substituents is 2. The number of carbonyl (C=O) groups is 3. The Morgan fingerprint density at radius 2 is 1.33 bits per heavy atom. The van der Waals surface area contributed by atoms with Crippen molar-refractivity contribution in [3.05, 3.63) is 130 Å². The third-order valence-corrected chi connectivity index (χ3v) is 9.00. The van der Waals surface area contributed by atoms with Gasteiger partial charge < -0.3 is 15.1 Å². The number of phenols is 2. The number of amides is 2. The molecule has 0 bridgehead atoms. The zero-order valence-electron chi connectivity index (χ0n) is 28.5. The maximum absolute atomic E-state index is 12.1. The summed E-state index contributed by atoms with van der Waals surface area (Å²) in [5, 5.41) is 41.5. The van der Waals surface area contributed by atoms with E-state index in [0.29, 0.717) is 62.2 Å². The highest BCUT2D eigenvalue weighted by Gasteiger charge is 2.28. The number of ketones is 1. The van der Waals surface area contributed by atoms with Gasteiger partial charge in [-0.1, -0.05) is 59.6 Å². The van der Waals surface area contributed by atoms with Crippen LogP contribution in [0.4, 0.5) is 5.69 Å². The van der Waals surface area contributed by atoms with E-state index in [-0.39, 0.29) is 23.5 Å². The number of carbonyl (C=O) groups excluding carboxylic acids is 3. The third kappa shape index (κ3) is 7.63. The number of halogens is 2. The smallest absolute Gasteiger partial charge is 0.261 e. The minimum Gasteiger partial charge on any atom is -0.506 e. The maximum atomic E-state index is 12.1. The highest BCUT2D eigenvalue weighted by molar-refractivity contribution is 6.33. The molecule has 270 valence electrons. The van der Waals surface area contributed by atoms with E-state index in [2.05, 4.69) is 30.6 Å². The van der Waals surface area contributed by atoms with Crippen molar-refractivity contribution in [3.63, 3.8) is 0 Å². The number of nitrogens with zero attached hydrogens (tertiary/aromatic N) is 7. The number of hydrogen-bond donors (Lipinski definition) is 3. The quantitative estimate of drug-likeness (QED) is 0.0698. The molecule has 0 saturated carbocycles. The normalized spacial score (nSPS) is 13.6. The van der Waals surface area contributed by atoms with Gasteiger partial charge in [0.15, 0.2) is 5.78 Å². The van der Waals surface area contributed by atoms with Crippen molar-refractivity contribution in [2.45, 2.75) is 19.9 Å². The lowest BCUT2D eigenvalue weighted by Gasteiger charge is -2.24. The van der Waals surface area contributed by atoms with E-state index in [4.69, 9.17) is 23.2 Å². The molecule has 0 unspecified atom stereocenters. The molecule has 1 saturated heterocycles. The minimum atomic E-state index is -0.682. The lowest BCUT2D eigenvalue weighted by atomic mass is 10.0. The summed E-state index contributed by atoms with van der Waals surface area (Å²) in [4.78, 5) is 40.3. The van der Waals surface area contributed by atoms with Crippen LogP contribution in [-0.4, -0.2) is 64.3 Å². The fourth-order valence-electron chi connectivity index (χ4n) is 5.78. The molecule has 3 N–H and O–H groups in total. The predicted molar refractivity (Wildman–Crippen MR) is 205 cm³/mol. The summed E-state index contributed by atoms with van der Waals surface area (Å²) in [5.41, 5.74) is 5.92. The van der Waals surface area contributed by atoms with Gasteiger partial charge in [-0.25, -0.2) is 0 Å². The Balaban J connectivity index is 0.000000219. The molecule has 0 aliphatic carbocycles. The summed E-state index contributed by atoms with van der Waals surface area (Å²) in [7, 11) is 0. The SMILES string of the molecule is CCN(Cc1cccc(-n2nc3ccc(Cl)cc3n2)c1O)c1ccc(/C=C2\C(=O)CC(=O)NC2=O)cc1.Oc1ccccc1-n1nc2ccc(Cl)cc2n1. The minimum absolute atomic E-state index is 0.0383. The number of hydrogen-bond acceptors (Lipinski definition) is 10. The second-order valence-corrected chi connectivity index (χ2v) is 13.0. The maximum Gasteiger partial charge on any atom is 0.261 e. The van der Waals surface area contributed by atoms with Crippen LogP contribution in [0.3, 0.4) is 0 Å². The fraction of sp³-hybridized carbons (Fsp3) is 0.103. The number of benzene rings is 5. The van der Waals surface area contributed by atoms with Gasteiger partial charge in [-0.05, 0) is 85.3 Å². The number of imide groups is 1. The number of aromatic hydroxyl groups is 2. The molecule has 0 radical (unpaired) electrons. The Hall–Kier alpha value is -6.57. The van der Waals surface area contributed by atoms with Gasteiger partial charge in [0, 0.05) is 34.4 Å². The van der Waals surface area contributed by atoms with E-state index in [9.17, 15) is 24.6 Å². The molecule has 2 aromatic heterocycles. The van der Waals surface area contributed by atoms with Crippen LogP contribution in [0, 0.1) is 0 Å². The van der Waals surface area contributed by atoms with Crippen molar-refractivity contribution in [2.24, 2.45) is 0 Å². The zero-order valence-corrected chi connectivity index (χ0v) is 30.0. The molecule has 1 aliphatic heterocycles. The van der Waals surface area contributed by atoms with Gasteiger partial charge in [0.2, 0.25) is 5.91 Å². The summed E-state index contributed by atoms with van der Waals surface area (Å²) in [6.45, 7) is 3.09. The number of anilines is 1. The highest BCUT2D eigenvalue weighted by atomic mass is 35.5. The van der Waals surface area contributed by atoms with Crippen LogP contribution in [-0.2, 0) is 20.9 Å². The molecule has 54 heavy (non-hydrogen) atoms. The average Bonchev–Trinajstić information content (AvgIpc) is 3.77. The molecule has 2 amide bonds. The van der Waals surface area contributed by atoms with Crippen LogP contribution in [0.5, 0.6) is 11.5 Å². The zero-order chi connectivity index (χ0) is 37.9. The van der Waals surface area contributed by atoms with Crippen LogP contribution in [0.15, 0.2) is 109 Å². The number of fused-ring (bicyclic) bond motifs is 2. The molecule has 1 fully saturated rings. The second-order valence-electron chi connectivity index (χ2n) is 12.2. The van der Waals surface area contributed by atoms with Crippen LogP contribution in [0.2, 0.25) is 10.0 Å². The number of Topliss-reactive ketones (excluding diaryl/α,β-unsaturated/α-hetero) is 1. The number of nitrogens with one attached hydrogen (secondary N) is 1.